The molecule has 140 valence electrons. The Kier molecular flexibility index (Phi) is 6.95. The molecular formula is C21H21FN2O3. The van der Waals surface area contributed by atoms with Gasteiger partial charge < -0.3 is 14.8 Å². The first kappa shape index (κ1) is 20.0. The molecule has 0 aliphatic carbocycles. The zero-order valence-corrected chi connectivity index (χ0v) is 15.5. The van der Waals surface area contributed by atoms with Crippen LogP contribution in [0.1, 0.15) is 26.3 Å². The lowest BCUT2D eigenvalue weighted by Gasteiger charge is -2.15. The van der Waals surface area contributed by atoms with E-state index in [0.29, 0.717) is 23.7 Å². The van der Waals surface area contributed by atoms with E-state index in [-0.39, 0.29) is 17.4 Å². The SMILES string of the molecule is CCOc1cc(/C=C(\C#N)C(=O)Nc2ccccc2F)ccc1OC(C)C. The highest BCUT2D eigenvalue weighted by Gasteiger charge is 2.13. The number of rotatable bonds is 7. The molecule has 0 aliphatic rings. The molecule has 0 atom stereocenters. The third-order valence-corrected chi connectivity index (χ3v) is 3.43. The fourth-order valence-electron chi connectivity index (χ4n) is 2.30. The molecule has 0 heterocycles. The highest BCUT2D eigenvalue weighted by atomic mass is 19.1. The van der Waals surface area contributed by atoms with Crippen molar-refractivity contribution in [2.45, 2.75) is 26.9 Å². The summed E-state index contributed by atoms with van der Waals surface area (Å²) >= 11 is 0. The van der Waals surface area contributed by atoms with Crippen LogP contribution in [0.15, 0.2) is 48.0 Å². The molecule has 2 aromatic carbocycles. The molecule has 0 unspecified atom stereocenters. The number of carbonyl (C=O) groups is 1. The van der Waals surface area contributed by atoms with Crippen LogP contribution in [-0.2, 0) is 4.79 Å². The van der Waals surface area contributed by atoms with Crippen molar-refractivity contribution in [3.05, 3.63) is 59.4 Å². The van der Waals surface area contributed by atoms with Gasteiger partial charge in [-0.15, -0.1) is 0 Å². The Bertz CT molecular complexity index is 885. The standard InChI is InChI=1S/C21H21FN2O3/c1-4-26-20-12-15(9-10-19(20)27-14(2)3)11-16(13-23)21(25)24-18-8-6-5-7-17(18)22/h5-12,14H,4H2,1-3H3,(H,24,25)/b16-11+. The number of benzene rings is 2. The van der Waals surface area contributed by atoms with Crippen LogP contribution in [0.25, 0.3) is 6.08 Å². The maximum Gasteiger partial charge on any atom is 0.266 e. The Hall–Kier alpha value is -3.33. The van der Waals surface area contributed by atoms with Crippen molar-refractivity contribution in [1.29, 1.82) is 5.26 Å². The van der Waals surface area contributed by atoms with Gasteiger partial charge in [0.05, 0.1) is 18.4 Å². The van der Waals surface area contributed by atoms with Crippen LogP contribution in [0.3, 0.4) is 0 Å². The monoisotopic (exact) mass is 368 g/mol. The molecule has 1 amide bonds. The predicted molar refractivity (Wildman–Crippen MR) is 102 cm³/mol. The van der Waals surface area contributed by atoms with Crippen LogP contribution in [0.5, 0.6) is 11.5 Å². The largest absolute Gasteiger partial charge is 0.490 e. The second kappa shape index (κ2) is 9.39. The van der Waals surface area contributed by atoms with E-state index in [0.717, 1.165) is 0 Å². The minimum absolute atomic E-state index is 0.0133. The van der Waals surface area contributed by atoms with Gasteiger partial charge in [-0.05, 0) is 56.7 Å². The number of carbonyl (C=O) groups excluding carboxylic acids is 1. The highest BCUT2D eigenvalue weighted by Crippen LogP contribution is 2.30. The number of nitrogens with one attached hydrogen (secondary N) is 1. The van der Waals surface area contributed by atoms with Gasteiger partial charge >= 0.3 is 0 Å². The molecule has 0 aliphatic heterocycles. The summed E-state index contributed by atoms with van der Waals surface area (Å²) in [6, 6.07) is 12.7. The molecule has 0 bridgehead atoms. The first-order valence-corrected chi connectivity index (χ1v) is 8.55. The number of nitrogens with zero attached hydrogens (tertiary/aromatic N) is 1. The summed E-state index contributed by atoms with van der Waals surface area (Å²) in [6.07, 6.45) is 1.39. The van der Waals surface area contributed by atoms with Gasteiger partial charge in [0.1, 0.15) is 17.5 Å². The molecule has 0 spiro atoms. The molecule has 27 heavy (non-hydrogen) atoms. The van der Waals surface area contributed by atoms with E-state index in [9.17, 15) is 14.4 Å². The van der Waals surface area contributed by atoms with E-state index in [4.69, 9.17) is 9.47 Å². The van der Waals surface area contributed by atoms with Crippen molar-refractivity contribution >= 4 is 17.7 Å². The van der Waals surface area contributed by atoms with Crippen LogP contribution >= 0.6 is 0 Å². The summed E-state index contributed by atoms with van der Waals surface area (Å²) in [5.41, 5.74) is 0.451. The third kappa shape index (κ3) is 5.58. The molecule has 0 saturated heterocycles. The number of anilines is 1. The Balaban J connectivity index is 2.28. The minimum Gasteiger partial charge on any atom is -0.490 e. The second-order valence-electron chi connectivity index (χ2n) is 5.91. The van der Waals surface area contributed by atoms with Crippen LogP contribution in [0.4, 0.5) is 10.1 Å². The first-order chi connectivity index (χ1) is 12.9. The van der Waals surface area contributed by atoms with Gasteiger partial charge in [-0.3, -0.25) is 4.79 Å². The van der Waals surface area contributed by atoms with Crippen molar-refractivity contribution in [2.24, 2.45) is 0 Å². The van der Waals surface area contributed by atoms with E-state index < -0.39 is 11.7 Å². The van der Waals surface area contributed by atoms with Crippen LogP contribution in [0.2, 0.25) is 0 Å². The number of nitriles is 1. The maximum absolute atomic E-state index is 13.7. The summed E-state index contributed by atoms with van der Waals surface area (Å²) in [6.45, 7) is 6.11. The molecule has 5 nitrogen and oxygen atoms in total. The van der Waals surface area contributed by atoms with Crippen molar-refractivity contribution in [1.82, 2.24) is 0 Å². The number of ether oxygens (including phenoxy) is 2. The van der Waals surface area contributed by atoms with Crippen molar-refractivity contribution in [3.63, 3.8) is 0 Å². The van der Waals surface area contributed by atoms with E-state index >= 15 is 0 Å². The Morgan fingerprint density at radius 1 is 1.26 bits per heavy atom. The summed E-state index contributed by atoms with van der Waals surface area (Å²) in [5.74, 6) is -0.162. The summed E-state index contributed by atoms with van der Waals surface area (Å²) in [4.78, 5) is 12.3. The number of para-hydroxylation sites is 1. The first-order valence-electron chi connectivity index (χ1n) is 8.55. The van der Waals surface area contributed by atoms with Gasteiger partial charge in [-0.1, -0.05) is 18.2 Å². The van der Waals surface area contributed by atoms with Crippen LogP contribution < -0.4 is 14.8 Å². The summed E-state index contributed by atoms with van der Waals surface area (Å²) in [7, 11) is 0. The number of halogens is 1. The summed E-state index contributed by atoms with van der Waals surface area (Å²) < 4.78 is 25.0. The fourth-order valence-corrected chi connectivity index (χ4v) is 2.30. The molecule has 0 saturated carbocycles. The topological polar surface area (TPSA) is 71.3 Å². The number of hydrogen-bond donors (Lipinski definition) is 1. The lowest BCUT2D eigenvalue weighted by Crippen LogP contribution is -2.14. The molecule has 2 aromatic rings. The van der Waals surface area contributed by atoms with E-state index in [1.807, 2.05) is 26.8 Å². The Morgan fingerprint density at radius 2 is 2.00 bits per heavy atom. The van der Waals surface area contributed by atoms with E-state index in [1.54, 1.807) is 24.3 Å². The molecular weight excluding hydrogens is 347 g/mol. The number of amides is 1. The molecule has 0 radical (unpaired) electrons. The Labute approximate surface area is 158 Å². The number of hydrogen-bond acceptors (Lipinski definition) is 4. The van der Waals surface area contributed by atoms with Crippen molar-refractivity contribution in [3.8, 4) is 17.6 Å². The average Bonchev–Trinajstić information content (AvgIpc) is 2.63. The third-order valence-electron chi connectivity index (χ3n) is 3.43. The van der Waals surface area contributed by atoms with E-state index in [1.165, 1.54) is 24.3 Å². The van der Waals surface area contributed by atoms with Crippen molar-refractivity contribution < 1.29 is 18.7 Å². The summed E-state index contributed by atoms with van der Waals surface area (Å²) in [5, 5.41) is 11.7. The average molecular weight is 368 g/mol. The van der Waals surface area contributed by atoms with Gasteiger partial charge in [0, 0.05) is 0 Å². The predicted octanol–water partition coefficient (Wildman–Crippen LogP) is 4.56. The minimum atomic E-state index is -0.692. The molecule has 6 heteroatoms. The zero-order chi connectivity index (χ0) is 19.8. The van der Waals surface area contributed by atoms with Gasteiger partial charge in [-0.25, -0.2) is 4.39 Å². The van der Waals surface area contributed by atoms with Gasteiger partial charge in [0.15, 0.2) is 11.5 Å². The smallest absolute Gasteiger partial charge is 0.266 e. The van der Waals surface area contributed by atoms with Crippen molar-refractivity contribution in [2.75, 3.05) is 11.9 Å². The fraction of sp³-hybridized carbons (Fsp3) is 0.238. The molecule has 0 aromatic heterocycles. The van der Waals surface area contributed by atoms with Gasteiger partial charge in [0.25, 0.3) is 5.91 Å². The molecule has 1 N–H and O–H groups in total. The lowest BCUT2D eigenvalue weighted by atomic mass is 10.1. The van der Waals surface area contributed by atoms with Crippen LogP contribution in [-0.4, -0.2) is 18.6 Å². The lowest BCUT2D eigenvalue weighted by molar-refractivity contribution is -0.112. The van der Waals surface area contributed by atoms with Gasteiger partial charge in [0.2, 0.25) is 0 Å². The van der Waals surface area contributed by atoms with Crippen LogP contribution in [0, 0.1) is 17.1 Å². The second-order valence-corrected chi connectivity index (χ2v) is 5.91. The molecule has 2 rings (SSSR count). The zero-order valence-electron chi connectivity index (χ0n) is 15.5. The van der Waals surface area contributed by atoms with E-state index in [2.05, 4.69) is 5.32 Å². The molecule has 0 fully saturated rings. The Morgan fingerprint density at radius 3 is 2.63 bits per heavy atom. The quantitative estimate of drug-likeness (QED) is 0.575. The highest BCUT2D eigenvalue weighted by molar-refractivity contribution is 6.09. The van der Waals surface area contributed by atoms with Gasteiger partial charge in [-0.2, -0.15) is 5.26 Å². The maximum atomic E-state index is 13.7. The normalized spacial score (nSPS) is 11.0.